The normalized spacial score (nSPS) is 19.8. The zero-order chi connectivity index (χ0) is 43.2. The van der Waals surface area contributed by atoms with Gasteiger partial charge in [0.05, 0.1) is 25.2 Å². The first-order chi connectivity index (χ1) is 28.7. The molecule has 324 valence electrons. The van der Waals surface area contributed by atoms with Crippen molar-refractivity contribution in [2.45, 2.75) is 74.7 Å². The number of imide groups is 1. The van der Waals surface area contributed by atoms with Gasteiger partial charge in [-0.25, -0.2) is 4.79 Å². The third-order valence-electron chi connectivity index (χ3n) is 10.3. The summed E-state index contributed by atoms with van der Waals surface area (Å²) in [4.78, 5) is 114. The van der Waals surface area contributed by atoms with Gasteiger partial charge in [-0.2, -0.15) is 11.8 Å². The molecule has 0 unspecified atom stereocenters. The fourth-order valence-electron chi connectivity index (χ4n) is 7.02. The van der Waals surface area contributed by atoms with Gasteiger partial charge in [0.1, 0.15) is 6.04 Å². The molecule has 4 heterocycles. The number of thioether (sulfide) groups is 1. The second-order valence-electron chi connectivity index (χ2n) is 14.6. The fraction of sp³-hybridized carbons (Fsp3) is 0.526. The Morgan fingerprint density at radius 2 is 1.38 bits per heavy atom. The van der Waals surface area contributed by atoms with Crippen molar-refractivity contribution in [3.8, 4) is 0 Å². The molecular formula is C38H50N10O10S2. The minimum absolute atomic E-state index is 0.0233. The summed E-state index contributed by atoms with van der Waals surface area (Å²) in [7, 11) is 0. The highest BCUT2D eigenvalue weighted by Crippen LogP contribution is 2.33. The Morgan fingerprint density at radius 1 is 0.783 bits per heavy atom. The Bertz CT molecular complexity index is 1840. The third kappa shape index (κ3) is 13.6. The third-order valence-corrected chi connectivity index (χ3v) is 12.0. The van der Waals surface area contributed by atoms with Crippen LogP contribution in [0.3, 0.4) is 0 Å². The Labute approximate surface area is 355 Å². The first kappa shape index (κ1) is 45.3. The number of benzene rings is 1. The van der Waals surface area contributed by atoms with Gasteiger partial charge in [0.25, 0.3) is 11.8 Å². The fourth-order valence-corrected chi connectivity index (χ4v) is 8.83. The first-order valence-corrected chi connectivity index (χ1v) is 21.2. The van der Waals surface area contributed by atoms with Crippen LogP contribution in [0.15, 0.2) is 36.4 Å². The van der Waals surface area contributed by atoms with Crippen LogP contribution in [0, 0.1) is 0 Å². The van der Waals surface area contributed by atoms with Gasteiger partial charge in [-0.05, 0) is 62.2 Å². The van der Waals surface area contributed by atoms with E-state index < -0.39 is 41.5 Å². The maximum atomic E-state index is 13.1. The number of anilines is 2. The molecule has 0 spiro atoms. The van der Waals surface area contributed by atoms with Crippen molar-refractivity contribution in [2.75, 3.05) is 62.2 Å². The van der Waals surface area contributed by atoms with Crippen LogP contribution in [-0.4, -0.2) is 153 Å². The number of nitrogens with zero attached hydrogens (tertiary/aromatic N) is 3. The van der Waals surface area contributed by atoms with E-state index in [1.54, 1.807) is 24.3 Å². The number of thiocarbonyl (C=S) groups is 1. The number of urea groups is 1. The number of piperazine rings is 1. The number of hydrogen-bond acceptors (Lipinski definition) is 11. The zero-order valence-electron chi connectivity index (χ0n) is 32.9. The van der Waals surface area contributed by atoms with Crippen molar-refractivity contribution in [1.29, 1.82) is 0 Å². The molecule has 1 aromatic carbocycles. The van der Waals surface area contributed by atoms with Crippen LogP contribution in [0.25, 0.3) is 0 Å². The number of carboxylic acid groups (broad SMARTS) is 1. The lowest BCUT2D eigenvalue weighted by Crippen LogP contribution is -2.55. The Balaban J connectivity index is 0.962. The molecule has 22 heteroatoms. The number of carbonyl (C=O) groups is 9. The van der Waals surface area contributed by atoms with Gasteiger partial charge in [0.15, 0.2) is 5.11 Å². The summed E-state index contributed by atoms with van der Waals surface area (Å²) in [5.74, 6) is -3.00. The number of carbonyl (C=O) groups excluding carboxylic acids is 8. The molecule has 0 aromatic heterocycles. The summed E-state index contributed by atoms with van der Waals surface area (Å²) in [5.41, 5.74) is 1.13. The minimum Gasteiger partial charge on any atom is -0.481 e. The van der Waals surface area contributed by atoms with Gasteiger partial charge < -0.3 is 52.1 Å². The molecule has 9 amide bonds. The van der Waals surface area contributed by atoms with Crippen molar-refractivity contribution in [3.63, 3.8) is 0 Å². The monoisotopic (exact) mass is 870 g/mol. The number of unbranched alkanes of at least 4 members (excludes halogenated alkanes) is 1. The van der Waals surface area contributed by atoms with E-state index in [-0.39, 0.29) is 107 Å². The lowest BCUT2D eigenvalue weighted by Gasteiger charge is -2.35. The van der Waals surface area contributed by atoms with Crippen LogP contribution in [0.4, 0.5) is 16.2 Å². The Morgan fingerprint density at radius 3 is 2.02 bits per heavy atom. The summed E-state index contributed by atoms with van der Waals surface area (Å²) in [6.45, 7) is 0.278. The van der Waals surface area contributed by atoms with Gasteiger partial charge >= 0.3 is 12.0 Å². The van der Waals surface area contributed by atoms with Gasteiger partial charge in [-0.3, -0.25) is 43.3 Å². The van der Waals surface area contributed by atoms with E-state index in [4.69, 9.17) is 12.2 Å². The van der Waals surface area contributed by atoms with E-state index in [1.807, 2.05) is 11.8 Å². The molecule has 0 aliphatic carbocycles. The summed E-state index contributed by atoms with van der Waals surface area (Å²) in [6, 6.07) is 5.86. The minimum atomic E-state index is -1.12. The van der Waals surface area contributed by atoms with Crippen LogP contribution in [-0.2, 0) is 38.4 Å². The molecule has 5 rings (SSSR count). The van der Waals surface area contributed by atoms with Gasteiger partial charge in [0, 0.05) is 86.5 Å². The number of amides is 9. The van der Waals surface area contributed by atoms with Crippen molar-refractivity contribution in [3.05, 3.63) is 36.4 Å². The molecule has 4 aliphatic heterocycles. The molecule has 3 saturated heterocycles. The summed E-state index contributed by atoms with van der Waals surface area (Å²) >= 11 is 7.23. The molecule has 20 nitrogen and oxygen atoms in total. The van der Waals surface area contributed by atoms with Crippen LogP contribution in [0.1, 0.15) is 51.4 Å². The average molecular weight is 871 g/mol. The van der Waals surface area contributed by atoms with Gasteiger partial charge in [-0.1, -0.05) is 6.42 Å². The molecular weight excluding hydrogens is 821 g/mol. The maximum Gasteiger partial charge on any atom is 0.315 e. The van der Waals surface area contributed by atoms with Crippen LogP contribution in [0.5, 0.6) is 0 Å². The van der Waals surface area contributed by atoms with Gasteiger partial charge in [-0.15, -0.1) is 0 Å². The largest absolute Gasteiger partial charge is 0.481 e. The van der Waals surface area contributed by atoms with E-state index in [9.17, 15) is 48.3 Å². The average Bonchev–Trinajstić information content (AvgIpc) is 3.89. The van der Waals surface area contributed by atoms with E-state index in [0.717, 1.165) is 23.5 Å². The van der Waals surface area contributed by atoms with Crippen LogP contribution in [0.2, 0.25) is 0 Å². The molecule has 3 fully saturated rings. The number of rotatable bonds is 20. The maximum absolute atomic E-state index is 13.1. The smallest absolute Gasteiger partial charge is 0.315 e. The summed E-state index contributed by atoms with van der Waals surface area (Å²) in [6.07, 6.45) is 4.99. The molecule has 4 atom stereocenters. The van der Waals surface area contributed by atoms with Crippen LogP contribution < -0.4 is 37.2 Å². The van der Waals surface area contributed by atoms with E-state index in [1.165, 1.54) is 22.0 Å². The van der Waals surface area contributed by atoms with Crippen molar-refractivity contribution in [2.24, 2.45) is 0 Å². The lowest BCUT2D eigenvalue weighted by atomic mass is 10.0. The Hall–Kier alpha value is -5.77. The Kier molecular flexibility index (Phi) is 16.6. The van der Waals surface area contributed by atoms with E-state index in [0.29, 0.717) is 29.5 Å². The van der Waals surface area contributed by atoms with E-state index >= 15 is 0 Å². The number of nitrogens with one attached hydrogen (secondary N) is 7. The predicted octanol–water partition coefficient (Wildman–Crippen LogP) is -0.521. The molecule has 1 aromatic rings. The zero-order valence-corrected chi connectivity index (χ0v) is 34.5. The van der Waals surface area contributed by atoms with Crippen LogP contribution >= 0.6 is 24.0 Å². The first-order valence-electron chi connectivity index (χ1n) is 19.8. The molecule has 60 heavy (non-hydrogen) atoms. The second-order valence-corrected chi connectivity index (χ2v) is 16.3. The highest BCUT2D eigenvalue weighted by atomic mass is 32.2. The van der Waals surface area contributed by atoms with E-state index in [2.05, 4.69) is 37.2 Å². The molecule has 0 saturated carbocycles. The van der Waals surface area contributed by atoms with Crippen molar-refractivity contribution in [1.82, 2.24) is 41.3 Å². The molecule has 4 aliphatic rings. The predicted molar refractivity (Wildman–Crippen MR) is 223 cm³/mol. The van der Waals surface area contributed by atoms with Crippen molar-refractivity contribution >= 4 is 93.8 Å². The molecule has 0 radical (unpaired) electrons. The quantitative estimate of drug-likeness (QED) is 0.0355. The topological polar surface area (TPSA) is 268 Å². The number of aliphatic carboxylic acids is 1. The standard InChI is InChI=1S/C38H50N10O10S2/c49-28(6-3-15-48-30(51)12-13-31(48)52)39-20-32(53)46-16-18-47(19-17-46)33(54)21-40-36(57)25(11-14-34(55)56)44-38(59)42-24-9-7-23(8-10-24)41-29(50)5-2-1-4-27-35-26(22-60-27)43-37(58)45-35/h7-10,12-13,25-27,35H,1-6,11,14-22H2,(H,39,49)(H,40,57)(H,41,50)(H,55,56)(H2,42,44,59)(H2,43,45,58)/t25-,26-,27-,35-/m0/s1. The SMILES string of the molecule is O=C(O)CC[C@H](NC(=S)Nc1ccc(NC(=O)CCCC[C@@H]2SC[C@@H]3NC(=O)N[C@@H]32)cc1)C(=O)NCC(=O)N1CCN(C(=O)CNC(=O)CCCN2C(=O)C=CC2=O)CC1. The molecule has 0 bridgehead atoms. The highest BCUT2D eigenvalue weighted by molar-refractivity contribution is 8.00. The summed E-state index contributed by atoms with van der Waals surface area (Å²) in [5, 5.41) is 29.2. The lowest BCUT2D eigenvalue weighted by molar-refractivity contribution is -0.140. The van der Waals surface area contributed by atoms with Gasteiger partial charge in [0.2, 0.25) is 29.5 Å². The summed E-state index contributed by atoms with van der Waals surface area (Å²) < 4.78 is 0. The number of fused-ring (bicyclic) bond motifs is 1. The highest BCUT2D eigenvalue weighted by Gasteiger charge is 2.42. The second kappa shape index (κ2) is 22.0. The number of carboxylic acids is 1. The van der Waals surface area contributed by atoms with Crippen molar-refractivity contribution < 1.29 is 48.3 Å². The number of hydrogen-bond donors (Lipinski definition) is 8. The molecule has 8 N–H and O–H groups in total.